The van der Waals surface area contributed by atoms with Crippen LogP contribution in [0.15, 0.2) is 24.4 Å². The lowest BCUT2D eigenvalue weighted by Gasteiger charge is -2.13. The molecule has 0 aliphatic heterocycles. The number of methoxy groups -OCH3 is 1. The van der Waals surface area contributed by atoms with Gasteiger partial charge in [-0.25, -0.2) is 4.39 Å². The van der Waals surface area contributed by atoms with Crippen molar-refractivity contribution < 1.29 is 36.6 Å². The number of ketones is 1. The van der Waals surface area contributed by atoms with Crippen LogP contribution in [0.1, 0.15) is 35.5 Å². The largest absolute Gasteiger partial charge is 0.481 e. The van der Waals surface area contributed by atoms with E-state index in [1.54, 1.807) is 13.8 Å². The second kappa shape index (κ2) is 10.2. The van der Waals surface area contributed by atoms with Crippen molar-refractivity contribution in [2.24, 2.45) is 5.92 Å². The van der Waals surface area contributed by atoms with Crippen molar-refractivity contribution in [2.45, 2.75) is 33.0 Å². The van der Waals surface area contributed by atoms with Gasteiger partial charge in [-0.15, -0.1) is 0 Å². The summed E-state index contributed by atoms with van der Waals surface area (Å²) in [7, 11) is 1.19. The summed E-state index contributed by atoms with van der Waals surface area (Å²) in [5.74, 6) is -2.91. The van der Waals surface area contributed by atoms with E-state index in [4.69, 9.17) is 4.74 Å². The SMILES string of the molecule is COc1nc(OCC(F)(F)F)c(F)cc1CNC(=O)c1ccnc(CC(=O)C(C)C)c1. The number of alkyl halides is 3. The highest BCUT2D eigenvalue weighted by Crippen LogP contribution is 2.25. The van der Waals surface area contributed by atoms with Crippen LogP contribution in [0, 0.1) is 11.7 Å². The molecule has 1 amide bonds. The second-order valence-corrected chi connectivity index (χ2v) is 6.86. The summed E-state index contributed by atoms with van der Waals surface area (Å²) >= 11 is 0. The van der Waals surface area contributed by atoms with Gasteiger partial charge in [0.2, 0.25) is 5.88 Å². The van der Waals surface area contributed by atoms with Crippen LogP contribution >= 0.6 is 0 Å². The predicted octanol–water partition coefficient (Wildman–Crippen LogP) is 3.26. The number of nitrogens with one attached hydrogen (secondary N) is 1. The third-order valence-corrected chi connectivity index (χ3v) is 4.07. The summed E-state index contributed by atoms with van der Waals surface area (Å²) in [6, 6.07) is 3.79. The van der Waals surface area contributed by atoms with E-state index >= 15 is 0 Å². The first-order valence-corrected chi connectivity index (χ1v) is 9.19. The molecule has 1 N–H and O–H groups in total. The molecule has 2 rings (SSSR count). The monoisotopic (exact) mass is 443 g/mol. The molecule has 2 aromatic rings. The number of carbonyl (C=O) groups is 2. The molecule has 2 heterocycles. The normalized spacial score (nSPS) is 11.4. The molecule has 168 valence electrons. The fraction of sp³-hybridized carbons (Fsp3) is 0.400. The molecule has 7 nitrogen and oxygen atoms in total. The Labute approximate surface area is 175 Å². The van der Waals surface area contributed by atoms with E-state index in [9.17, 15) is 27.2 Å². The minimum absolute atomic E-state index is 0.0239. The smallest absolute Gasteiger partial charge is 0.422 e. The third-order valence-electron chi connectivity index (χ3n) is 4.07. The molecule has 0 saturated carbocycles. The van der Waals surface area contributed by atoms with Gasteiger partial charge in [0.25, 0.3) is 11.8 Å². The molecule has 0 unspecified atom stereocenters. The van der Waals surface area contributed by atoms with E-state index in [0.29, 0.717) is 5.69 Å². The van der Waals surface area contributed by atoms with Crippen molar-refractivity contribution in [1.29, 1.82) is 0 Å². The van der Waals surface area contributed by atoms with E-state index in [2.05, 4.69) is 20.0 Å². The molecular formula is C20H21F4N3O4. The zero-order valence-electron chi connectivity index (χ0n) is 17.0. The number of amides is 1. The van der Waals surface area contributed by atoms with Gasteiger partial charge in [-0.2, -0.15) is 18.2 Å². The van der Waals surface area contributed by atoms with Crippen LogP contribution < -0.4 is 14.8 Å². The van der Waals surface area contributed by atoms with Gasteiger partial charge in [-0.05, 0) is 18.2 Å². The average Bonchev–Trinajstić information content (AvgIpc) is 2.70. The number of rotatable bonds is 9. The number of aromatic nitrogens is 2. The van der Waals surface area contributed by atoms with Crippen molar-refractivity contribution in [1.82, 2.24) is 15.3 Å². The van der Waals surface area contributed by atoms with E-state index in [1.807, 2.05) is 0 Å². The lowest BCUT2D eigenvalue weighted by atomic mass is 10.0. The topological polar surface area (TPSA) is 90.4 Å². The average molecular weight is 443 g/mol. The molecule has 0 aromatic carbocycles. The summed E-state index contributed by atoms with van der Waals surface area (Å²) in [5, 5.41) is 2.54. The number of Topliss-reactive ketones (excluding diaryl/α,β-unsaturated/α-hetero) is 1. The van der Waals surface area contributed by atoms with Crippen molar-refractivity contribution in [3.8, 4) is 11.8 Å². The van der Waals surface area contributed by atoms with Crippen LogP contribution in [0.25, 0.3) is 0 Å². The molecule has 0 bridgehead atoms. The van der Waals surface area contributed by atoms with Crippen molar-refractivity contribution in [3.63, 3.8) is 0 Å². The maximum atomic E-state index is 14.1. The molecule has 0 atom stereocenters. The summed E-state index contributed by atoms with van der Waals surface area (Å²) in [6.07, 6.45) is -3.18. The number of carbonyl (C=O) groups excluding carboxylic acids is 2. The van der Waals surface area contributed by atoms with Crippen LogP contribution in [0.4, 0.5) is 17.6 Å². The van der Waals surface area contributed by atoms with E-state index in [0.717, 1.165) is 6.07 Å². The Morgan fingerprint density at radius 3 is 2.52 bits per heavy atom. The lowest BCUT2D eigenvalue weighted by Crippen LogP contribution is -2.24. The zero-order valence-corrected chi connectivity index (χ0v) is 17.0. The van der Waals surface area contributed by atoms with Crippen molar-refractivity contribution in [3.05, 3.63) is 47.0 Å². The summed E-state index contributed by atoms with van der Waals surface area (Å²) in [4.78, 5) is 32.0. The first-order chi connectivity index (χ1) is 14.5. The van der Waals surface area contributed by atoms with Gasteiger partial charge >= 0.3 is 6.18 Å². The highest BCUT2D eigenvalue weighted by molar-refractivity contribution is 5.94. The third kappa shape index (κ3) is 7.19. The molecular weight excluding hydrogens is 422 g/mol. The number of nitrogens with zero attached hydrogens (tertiary/aromatic N) is 2. The molecule has 0 spiro atoms. The predicted molar refractivity (Wildman–Crippen MR) is 101 cm³/mol. The maximum absolute atomic E-state index is 14.1. The molecule has 0 saturated heterocycles. The second-order valence-electron chi connectivity index (χ2n) is 6.86. The number of ether oxygens (including phenoxy) is 2. The van der Waals surface area contributed by atoms with Crippen LogP contribution in [0.3, 0.4) is 0 Å². The van der Waals surface area contributed by atoms with Crippen molar-refractivity contribution >= 4 is 11.7 Å². The van der Waals surface area contributed by atoms with Crippen LogP contribution in [-0.4, -0.2) is 41.6 Å². The zero-order chi connectivity index (χ0) is 23.2. The van der Waals surface area contributed by atoms with Gasteiger partial charge in [0, 0.05) is 41.9 Å². The number of halogens is 4. The molecule has 2 aromatic heterocycles. The first kappa shape index (κ1) is 24.0. The molecule has 0 aliphatic rings. The lowest BCUT2D eigenvalue weighted by molar-refractivity contribution is -0.154. The number of pyridine rings is 2. The summed E-state index contributed by atoms with van der Waals surface area (Å²) < 4.78 is 60.2. The van der Waals surface area contributed by atoms with E-state index in [-0.39, 0.29) is 41.7 Å². The van der Waals surface area contributed by atoms with Gasteiger partial charge < -0.3 is 14.8 Å². The Bertz CT molecular complexity index is 949. The maximum Gasteiger partial charge on any atom is 0.422 e. The Morgan fingerprint density at radius 1 is 1.19 bits per heavy atom. The Morgan fingerprint density at radius 2 is 1.90 bits per heavy atom. The number of hydrogen-bond donors (Lipinski definition) is 1. The van der Waals surface area contributed by atoms with Gasteiger partial charge in [-0.1, -0.05) is 13.8 Å². The minimum atomic E-state index is -4.66. The van der Waals surface area contributed by atoms with Crippen LogP contribution in [0.5, 0.6) is 11.8 Å². The number of hydrogen-bond acceptors (Lipinski definition) is 6. The fourth-order valence-electron chi connectivity index (χ4n) is 2.42. The minimum Gasteiger partial charge on any atom is -0.481 e. The molecule has 31 heavy (non-hydrogen) atoms. The standard InChI is InChI=1S/C20H21F4N3O4/c1-11(2)16(28)8-14-6-12(4-5-25-14)17(29)26-9-13-7-15(21)19(27-18(13)30-3)31-10-20(22,23)24/h4-7,11H,8-10H2,1-3H3,(H,26,29). The van der Waals surface area contributed by atoms with Crippen LogP contribution in [-0.2, 0) is 17.8 Å². The van der Waals surface area contributed by atoms with Gasteiger partial charge in [0.05, 0.1) is 7.11 Å². The Hall–Kier alpha value is -3.24. The molecule has 11 heteroatoms. The Balaban J connectivity index is 2.09. The first-order valence-electron chi connectivity index (χ1n) is 9.19. The highest BCUT2D eigenvalue weighted by atomic mass is 19.4. The Kier molecular flexibility index (Phi) is 7.89. The van der Waals surface area contributed by atoms with Crippen molar-refractivity contribution in [2.75, 3.05) is 13.7 Å². The molecule has 0 fully saturated rings. The fourth-order valence-corrected chi connectivity index (χ4v) is 2.42. The van der Waals surface area contributed by atoms with Crippen LogP contribution in [0.2, 0.25) is 0 Å². The quantitative estimate of drug-likeness (QED) is 0.599. The van der Waals surface area contributed by atoms with Gasteiger partial charge in [-0.3, -0.25) is 14.6 Å². The summed E-state index contributed by atoms with van der Waals surface area (Å²) in [6.45, 7) is 1.60. The van der Waals surface area contributed by atoms with E-state index < -0.39 is 30.4 Å². The van der Waals surface area contributed by atoms with Gasteiger partial charge in [0.15, 0.2) is 12.4 Å². The van der Waals surface area contributed by atoms with Gasteiger partial charge in [0.1, 0.15) is 5.78 Å². The molecule has 0 aliphatic carbocycles. The van der Waals surface area contributed by atoms with E-state index in [1.165, 1.54) is 25.4 Å². The highest BCUT2D eigenvalue weighted by Gasteiger charge is 2.29. The molecule has 0 radical (unpaired) electrons. The summed E-state index contributed by atoms with van der Waals surface area (Å²) in [5.41, 5.74) is 0.763.